The van der Waals surface area contributed by atoms with Gasteiger partial charge in [-0.1, -0.05) is 12.1 Å². The van der Waals surface area contributed by atoms with Crippen LogP contribution in [0.1, 0.15) is 21.9 Å². The van der Waals surface area contributed by atoms with Gasteiger partial charge in [0, 0.05) is 29.8 Å². The molecule has 4 rings (SSSR count). The summed E-state index contributed by atoms with van der Waals surface area (Å²) in [6.07, 6.45) is 5.54. The number of nitrogens with zero attached hydrogens (tertiary/aromatic N) is 3. The van der Waals surface area contributed by atoms with Crippen LogP contribution in [0.5, 0.6) is 0 Å². The van der Waals surface area contributed by atoms with Crippen LogP contribution in [0, 0.1) is 13.8 Å². The molecule has 3 aromatic heterocycles. The van der Waals surface area contributed by atoms with Crippen molar-refractivity contribution < 1.29 is 9.21 Å². The molecule has 0 atom stereocenters. The van der Waals surface area contributed by atoms with E-state index in [1.165, 1.54) is 0 Å². The molecule has 1 amide bonds. The van der Waals surface area contributed by atoms with Gasteiger partial charge in [0.1, 0.15) is 11.5 Å². The van der Waals surface area contributed by atoms with Crippen LogP contribution in [-0.2, 0) is 0 Å². The zero-order chi connectivity index (χ0) is 18.3. The monoisotopic (exact) mass is 410 g/mol. The number of hydrogen-bond acceptors (Lipinski definition) is 4. The first-order chi connectivity index (χ1) is 12.5. The molecule has 0 radical (unpaired) electrons. The third kappa shape index (κ3) is 2.90. The number of carbonyl (C=O) groups is 1. The molecule has 1 N–H and O–H groups in total. The van der Waals surface area contributed by atoms with E-state index in [4.69, 9.17) is 4.42 Å². The van der Waals surface area contributed by atoms with Gasteiger partial charge >= 0.3 is 0 Å². The molecule has 0 saturated carbocycles. The van der Waals surface area contributed by atoms with Crippen LogP contribution >= 0.6 is 15.9 Å². The van der Waals surface area contributed by atoms with Crippen LogP contribution in [0.15, 0.2) is 57.8 Å². The molecule has 7 heteroatoms. The van der Waals surface area contributed by atoms with Crippen LogP contribution in [-0.4, -0.2) is 20.3 Å². The van der Waals surface area contributed by atoms with E-state index in [1.807, 2.05) is 54.0 Å². The number of imidazole rings is 1. The molecule has 0 unspecified atom stereocenters. The van der Waals surface area contributed by atoms with Gasteiger partial charge in [0.05, 0.1) is 15.7 Å². The van der Waals surface area contributed by atoms with E-state index in [-0.39, 0.29) is 5.91 Å². The number of aryl methyl sites for hydroxylation is 2. The summed E-state index contributed by atoms with van der Waals surface area (Å²) in [6.45, 7) is 3.58. The van der Waals surface area contributed by atoms with E-state index in [1.54, 1.807) is 13.1 Å². The minimum absolute atomic E-state index is 0.212. The predicted octanol–water partition coefficient (Wildman–Crippen LogP) is 4.62. The highest BCUT2D eigenvalue weighted by Crippen LogP contribution is 2.28. The van der Waals surface area contributed by atoms with Gasteiger partial charge in [-0.15, -0.1) is 0 Å². The van der Waals surface area contributed by atoms with Gasteiger partial charge in [0.15, 0.2) is 0 Å². The van der Waals surface area contributed by atoms with E-state index in [2.05, 4.69) is 31.2 Å². The maximum Gasteiger partial charge on any atom is 0.260 e. The summed E-state index contributed by atoms with van der Waals surface area (Å²) < 4.78 is 8.04. The van der Waals surface area contributed by atoms with Crippen LogP contribution < -0.4 is 5.32 Å². The summed E-state index contributed by atoms with van der Waals surface area (Å²) in [5.74, 6) is 1.70. The number of carbonyl (C=O) groups excluding carboxylic acids is 1. The maximum absolute atomic E-state index is 12.5. The molecule has 26 heavy (non-hydrogen) atoms. The standard InChI is InChI=1S/C19H15BrN4O2/c1-11-16(17(20)12(2)26-11)18(25)22-14-6-4-13(5-7-14)15-10-24-9-3-8-21-19(24)23-15/h3-10H,1-2H3,(H,22,25). The summed E-state index contributed by atoms with van der Waals surface area (Å²) in [6, 6.07) is 9.39. The Morgan fingerprint density at radius 1 is 1.19 bits per heavy atom. The number of anilines is 1. The average molecular weight is 411 g/mol. The van der Waals surface area contributed by atoms with Gasteiger partial charge in [-0.25, -0.2) is 9.97 Å². The highest BCUT2D eigenvalue weighted by atomic mass is 79.9. The van der Waals surface area contributed by atoms with Gasteiger partial charge in [0.25, 0.3) is 5.91 Å². The average Bonchev–Trinajstić information content (AvgIpc) is 3.16. The smallest absolute Gasteiger partial charge is 0.260 e. The minimum Gasteiger partial charge on any atom is -0.465 e. The van der Waals surface area contributed by atoms with Crippen molar-refractivity contribution in [3.63, 3.8) is 0 Å². The lowest BCUT2D eigenvalue weighted by molar-refractivity contribution is 0.102. The van der Waals surface area contributed by atoms with Crippen molar-refractivity contribution in [1.29, 1.82) is 0 Å². The summed E-state index contributed by atoms with van der Waals surface area (Å²) >= 11 is 3.40. The van der Waals surface area contributed by atoms with E-state index in [9.17, 15) is 4.79 Å². The summed E-state index contributed by atoms with van der Waals surface area (Å²) in [7, 11) is 0. The fourth-order valence-corrected chi connectivity index (χ4v) is 3.34. The number of hydrogen-bond donors (Lipinski definition) is 1. The number of halogens is 1. The normalized spacial score (nSPS) is 11.0. The summed E-state index contributed by atoms with van der Waals surface area (Å²) in [5.41, 5.74) is 2.99. The minimum atomic E-state index is -0.212. The van der Waals surface area contributed by atoms with Gasteiger partial charge in [-0.3, -0.25) is 9.20 Å². The molecule has 6 nitrogen and oxygen atoms in total. The van der Waals surface area contributed by atoms with Crippen molar-refractivity contribution in [1.82, 2.24) is 14.4 Å². The molecular formula is C19H15BrN4O2. The lowest BCUT2D eigenvalue weighted by atomic mass is 10.1. The van der Waals surface area contributed by atoms with E-state index >= 15 is 0 Å². The Morgan fingerprint density at radius 2 is 1.96 bits per heavy atom. The number of furan rings is 1. The Labute approximate surface area is 158 Å². The van der Waals surface area contributed by atoms with Crippen molar-refractivity contribution in [3.8, 4) is 11.3 Å². The zero-order valence-corrected chi connectivity index (χ0v) is 15.7. The number of benzene rings is 1. The Balaban J connectivity index is 1.57. The van der Waals surface area contributed by atoms with Crippen molar-refractivity contribution in [2.24, 2.45) is 0 Å². The lowest BCUT2D eigenvalue weighted by Gasteiger charge is -2.06. The van der Waals surface area contributed by atoms with Crippen molar-refractivity contribution in [2.45, 2.75) is 13.8 Å². The van der Waals surface area contributed by atoms with Crippen LogP contribution in [0.2, 0.25) is 0 Å². The quantitative estimate of drug-likeness (QED) is 0.534. The molecule has 0 aliphatic heterocycles. The second-order valence-electron chi connectivity index (χ2n) is 5.89. The molecule has 0 spiro atoms. The molecule has 0 aliphatic carbocycles. The molecule has 1 aromatic carbocycles. The van der Waals surface area contributed by atoms with Crippen LogP contribution in [0.25, 0.3) is 17.0 Å². The highest BCUT2D eigenvalue weighted by Gasteiger charge is 2.19. The summed E-state index contributed by atoms with van der Waals surface area (Å²) in [4.78, 5) is 21.2. The number of amides is 1. The topological polar surface area (TPSA) is 72.4 Å². The molecule has 130 valence electrons. The van der Waals surface area contributed by atoms with Crippen LogP contribution in [0.3, 0.4) is 0 Å². The molecule has 3 heterocycles. The zero-order valence-electron chi connectivity index (χ0n) is 14.2. The van der Waals surface area contributed by atoms with Gasteiger partial charge in [-0.2, -0.15) is 0 Å². The number of nitrogens with one attached hydrogen (secondary N) is 1. The third-order valence-electron chi connectivity index (χ3n) is 4.09. The largest absolute Gasteiger partial charge is 0.465 e. The Kier molecular flexibility index (Phi) is 4.08. The Morgan fingerprint density at radius 3 is 2.62 bits per heavy atom. The van der Waals surface area contributed by atoms with Crippen LogP contribution in [0.4, 0.5) is 5.69 Å². The van der Waals surface area contributed by atoms with Crippen molar-refractivity contribution in [2.75, 3.05) is 5.32 Å². The molecule has 0 bridgehead atoms. The van der Waals surface area contributed by atoms with Gasteiger partial charge in [0.2, 0.25) is 5.78 Å². The third-order valence-corrected chi connectivity index (χ3v) is 5.04. The first-order valence-electron chi connectivity index (χ1n) is 8.00. The van der Waals surface area contributed by atoms with Gasteiger partial charge < -0.3 is 9.73 Å². The molecule has 0 saturated heterocycles. The number of aromatic nitrogens is 3. The second kappa shape index (κ2) is 6.42. The number of fused-ring (bicyclic) bond motifs is 1. The van der Waals surface area contributed by atoms with E-state index < -0.39 is 0 Å². The van der Waals surface area contributed by atoms with Gasteiger partial charge in [-0.05, 0) is 48.0 Å². The lowest BCUT2D eigenvalue weighted by Crippen LogP contribution is -2.12. The molecular weight excluding hydrogens is 396 g/mol. The Bertz CT molecular complexity index is 1080. The predicted molar refractivity (Wildman–Crippen MR) is 102 cm³/mol. The van der Waals surface area contributed by atoms with Crippen molar-refractivity contribution in [3.05, 3.63) is 70.5 Å². The molecule has 0 aliphatic rings. The maximum atomic E-state index is 12.5. The summed E-state index contributed by atoms with van der Waals surface area (Å²) in [5, 5.41) is 2.89. The van der Waals surface area contributed by atoms with Crippen molar-refractivity contribution >= 4 is 33.3 Å². The fourth-order valence-electron chi connectivity index (χ4n) is 2.80. The number of rotatable bonds is 3. The van der Waals surface area contributed by atoms with E-state index in [0.29, 0.717) is 33.0 Å². The Hall–Kier alpha value is -2.93. The highest BCUT2D eigenvalue weighted by molar-refractivity contribution is 9.10. The molecule has 4 aromatic rings. The SMILES string of the molecule is Cc1oc(C)c(C(=O)Nc2ccc(-c3cn4cccnc4n3)cc2)c1Br. The van der Waals surface area contributed by atoms with E-state index in [0.717, 1.165) is 11.3 Å². The first-order valence-corrected chi connectivity index (χ1v) is 8.79. The second-order valence-corrected chi connectivity index (χ2v) is 6.68. The fraction of sp³-hybridized carbons (Fsp3) is 0.105. The first kappa shape index (κ1) is 16.5. The molecule has 0 fully saturated rings.